The summed E-state index contributed by atoms with van der Waals surface area (Å²) in [5.74, 6) is 0.0981. The smallest absolute Gasteiger partial charge is 0.278 e. The molecule has 0 saturated carbocycles. The molecule has 0 aliphatic carbocycles. The number of nitriles is 1. The van der Waals surface area contributed by atoms with Crippen LogP contribution in [0.5, 0.6) is 5.88 Å². The van der Waals surface area contributed by atoms with E-state index in [2.05, 4.69) is 42.9 Å². The Bertz CT molecular complexity index is 1280. The Morgan fingerprint density at radius 3 is 1.97 bits per heavy atom. The third kappa shape index (κ3) is 8.73. The number of aromatic amines is 1. The van der Waals surface area contributed by atoms with Crippen LogP contribution in [0.1, 0.15) is 90.2 Å². The van der Waals surface area contributed by atoms with Gasteiger partial charge in [-0.2, -0.15) is 14.7 Å². The summed E-state index contributed by atoms with van der Waals surface area (Å²) in [6.07, 6.45) is 8.21. The van der Waals surface area contributed by atoms with Gasteiger partial charge in [-0.05, 0) is 55.9 Å². The molecule has 214 valence electrons. The van der Waals surface area contributed by atoms with Crippen molar-refractivity contribution in [2.75, 3.05) is 13.1 Å². The molecular formula is C29H43N5O4S. The fraction of sp³-hybridized carbons (Fsp3) is 0.586. The van der Waals surface area contributed by atoms with E-state index < -0.39 is 21.5 Å². The lowest BCUT2D eigenvalue weighted by molar-refractivity contribution is 0.270. The molecule has 2 unspecified atom stereocenters. The second-order valence-corrected chi connectivity index (χ2v) is 12.1. The number of aromatic hydroxyl groups is 1. The van der Waals surface area contributed by atoms with Crippen LogP contribution in [0.4, 0.5) is 11.4 Å². The van der Waals surface area contributed by atoms with Gasteiger partial charge in [0.2, 0.25) is 15.9 Å². The van der Waals surface area contributed by atoms with Crippen LogP contribution in [0.2, 0.25) is 0 Å². The lowest BCUT2D eigenvalue weighted by atomic mass is 9.97. The van der Waals surface area contributed by atoms with Gasteiger partial charge in [0.15, 0.2) is 5.69 Å². The molecule has 0 bridgehead atoms. The normalized spacial score (nSPS) is 13.6. The molecule has 0 radical (unpaired) electrons. The van der Waals surface area contributed by atoms with Crippen molar-refractivity contribution >= 4 is 21.4 Å². The zero-order chi connectivity index (χ0) is 29.0. The Balaban J connectivity index is 2.35. The van der Waals surface area contributed by atoms with E-state index in [0.717, 1.165) is 51.4 Å². The molecule has 2 aromatic rings. The third-order valence-electron chi connectivity index (χ3n) is 7.28. The minimum Gasteiger partial charge on any atom is -0.494 e. The van der Waals surface area contributed by atoms with Crippen molar-refractivity contribution in [2.45, 2.75) is 90.9 Å². The van der Waals surface area contributed by atoms with Crippen molar-refractivity contribution < 1.29 is 13.5 Å². The predicted molar refractivity (Wildman–Crippen MR) is 154 cm³/mol. The monoisotopic (exact) mass is 557 g/mol. The molecule has 1 aromatic carbocycles. The van der Waals surface area contributed by atoms with Crippen LogP contribution in [0.3, 0.4) is 0 Å². The first-order valence-corrected chi connectivity index (χ1v) is 15.4. The highest BCUT2D eigenvalue weighted by Crippen LogP contribution is 2.28. The second kappa shape index (κ2) is 15.5. The summed E-state index contributed by atoms with van der Waals surface area (Å²) in [6.45, 7) is 11.1. The zero-order valence-electron chi connectivity index (χ0n) is 23.9. The molecule has 0 aliphatic heterocycles. The lowest BCUT2D eigenvalue weighted by Crippen LogP contribution is -2.39. The number of benzene rings is 1. The molecule has 0 aliphatic rings. The van der Waals surface area contributed by atoms with Crippen LogP contribution in [-0.2, 0) is 10.0 Å². The third-order valence-corrected chi connectivity index (χ3v) is 9.12. The predicted octanol–water partition coefficient (Wildman–Crippen LogP) is 7.10. The second-order valence-electron chi connectivity index (χ2n) is 10.1. The largest absolute Gasteiger partial charge is 0.494 e. The molecule has 2 rings (SSSR count). The molecule has 2 N–H and O–H groups in total. The summed E-state index contributed by atoms with van der Waals surface area (Å²) in [6, 6.07) is 7.96. The minimum atomic E-state index is -3.73. The van der Waals surface area contributed by atoms with Crippen LogP contribution in [0.15, 0.2) is 44.2 Å². The maximum absolute atomic E-state index is 13.8. The lowest BCUT2D eigenvalue weighted by Gasteiger charge is -2.30. The number of aromatic nitrogens is 1. The van der Waals surface area contributed by atoms with Crippen LogP contribution < -0.4 is 5.56 Å². The van der Waals surface area contributed by atoms with Gasteiger partial charge in [-0.15, -0.1) is 5.11 Å². The zero-order valence-corrected chi connectivity index (χ0v) is 24.7. The van der Waals surface area contributed by atoms with Crippen molar-refractivity contribution in [1.29, 1.82) is 5.26 Å². The first-order valence-electron chi connectivity index (χ1n) is 14.0. The number of nitrogens with one attached hydrogen (secondary N) is 1. The maximum atomic E-state index is 13.8. The fourth-order valence-corrected chi connectivity index (χ4v) is 6.17. The van der Waals surface area contributed by atoms with Gasteiger partial charge in [0.25, 0.3) is 5.56 Å². The Kier molecular flexibility index (Phi) is 12.8. The highest BCUT2D eigenvalue weighted by atomic mass is 32.2. The summed E-state index contributed by atoms with van der Waals surface area (Å²) >= 11 is 0. The molecule has 0 saturated heterocycles. The quantitative estimate of drug-likeness (QED) is 0.212. The van der Waals surface area contributed by atoms with Crippen molar-refractivity contribution in [3.8, 4) is 11.9 Å². The van der Waals surface area contributed by atoms with Gasteiger partial charge in [0, 0.05) is 18.7 Å². The molecule has 2 atom stereocenters. The van der Waals surface area contributed by atoms with E-state index in [-0.39, 0.29) is 21.7 Å². The van der Waals surface area contributed by atoms with E-state index >= 15 is 0 Å². The van der Waals surface area contributed by atoms with Crippen molar-refractivity contribution in [1.82, 2.24) is 9.29 Å². The topological polar surface area (TPSA) is 139 Å². The van der Waals surface area contributed by atoms with E-state index in [1.165, 1.54) is 19.1 Å². The Labute approximate surface area is 233 Å². The van der Waals surface area contributed by atoms with Crippen molar-refractivity contribution in [2.24, 2.45) is 22.1 Å². The first kappa shape index (κ1) is 32.2. The van der Waals surface area contributed by atoms with Crippen LogP contribution >= 0.6 is 0 Å². The molecule has 0 spiro atoms. The Hall–Kier alpha value is -3.03. The maximum Gasteiger partial charge on any atom is 0.278 e. The van der Waals surface area contributed by atoms with Gasteiger partial charge in [0.1, 0.15) is 11.6 Å². The van der Waals surface area contributed by atoms with Crippen molar-refractivity contribution in [3.05, 3.63) is 45.7 Å². The molecule has 1 heterocycles. The molecule has 1 aromatic heterocycles. The average molecular weight is 558 g/mol. The summed E-state index contributed by atoms with van der Waals surface area (Å²) in [4.78, 5) is 14.6. The fourth-order valence-electron chi connectivity index (χ4n) is 4.58. The van der Waals surface area contributed by atoms with E-state index in [4.69, 9.17) is 0 Å². The molecule has 10 heteroatoms. The molecule has 39 heavy (non-hydrogen) atoms. The van der Waals surface area contributed by atoms with E-state index in [1.807, 2.05) is 6.07 Å². The van der Waals surface area contributed by atoms with Gasteiger partial charge < -0.3 is 5.11 Å². The van der Waals surface area contributed by atoms with E-state index in [1.54, 1.807) is 16.4 Å². The van der Waals surface area contributed by atoms with E-state index in [9.17, 15) is 23.6 Å². The van der Waals surface area contributed by atoms with Crippen LogP contribution in [0, 0.1) is 30.1 Å². The number of sulfonamides is 1. The Morgan fingerprint density at radius 1 is 0.974 bits per heavy atom. The molecule has 0 amide bonds. The van der Waals surface area contributed by atoms with Gasteiger partial charge in [-0.1, -0.05) is 66.2 Å². The number of H-pyrrole nitrogens is 1. The van der Waals surface area contributed by atoms with Gasteiger partial charge in [-0.25, -0.2) is 8.42 Å². The summed E-state index contributed by atoms with van der Waals surface area (Å²) in [7, 11) is -3.73. The number of hydrogen-bond acceptors (Lipinski definition) is 7. The highest BCUT2D eigenvalue weighted by Gasteiger charge is 2.28. The van der Waals surface area contributed by atoms with E-state index in [0.29, 0.717) is 30.6 Å². The van der Waals surface area contributed by atoms with Crippen LogP contribution in [-0.4, -0.2) is 35.9 Å². The highest BCUT2D eigenvalue weighted by molar-refractivity contribution is 7.89. The average Bonchev–Trinajstić information content (AvgIpc) is 2.92. The van der Waals surface area contributed by atoms with Gasteiger partial charge in [0.05, 0.1) is 10.6 Å². The number of rotatable bonds is 16. The van der Waals surface area contributed by atoms with Crippen molar-refractivity contribution in [3.63, 3.8) is 0 Å². The summed E-state index contributed by atoms with van der Waals surface area (Å²) < 4.78 is 29.4. The van der Waals surface area contributed by atoms with Crippen LogP contribution in [0.25, 0.3) is 0 Å². The summed E-state index contributed by atoms with van der Waals surface area (Å²) in [5, 5.41) is 27.0. The number of hydrogen-bond donors (Lipinski definition) is 2. The number of azo groups is 1. The first-order chi connectivity index (χ1) is 18.6. The van der Waals surface area contributed by atoms with Gasteiger partial charge in [-0.3, -0.25) is 9.78 Å². The molecular weight excluding hydrogens is 514 g/mol. The standard InChI is InChI=1S/C29H43N5O4S/c1-6-10-12-22(8-3)19-34(20-23(9-4)13-11-7-2)39(37,38)25-16-14-24(15-17-25)32-33-27-21(5)26(18-30)28(35)31-29(27)36/h14-17,22-23H,6-13,19-20H2,1-5H3,(H2,31,35,36). The molecule has 9 nitrogen and oxygen atoms in total. The minimum absolute atomic E-state index is 0.0845. The van der Waals surface area contributed by atoms with Gasteiger partial charge >= 0.3 is 0 Å². The molecule has 0 fully saturated rings. The SMILES string of the molecule is CCCCC(CC)CN(CC(CC)CCCC)S(=O)(=O)c1ccc(N=Nc2c(C)c(C#N)c(O)[nH]c2=O)cc1. The summed E-state index contributed by atoms with van der Waals surface area (Å²) in [5.41, 5.74) is -0.292. The number of unbranched alkanes of at least 4 members (excludes halogenated alkanes) is 2. The number of nitrogens with zero attached hydrogens (tertiary/aromatic N) is 4. The Morgan fingerprint density at radius 2 is 1.51 bits per heavy atom. The number of pyridine rings is 1.